The minimum absolute atomic E-state index is 0.0379. The SMILES string of the molecule is CCC(NC(=O)C1CCN(S(=O)(=O)c2ccc3c(c2)CCC3)CC1)c1ncc(-c2ccccc2)[nH]1. The third-order valence-electron chi connectivity index (χ3n) is 7.27. The molecule has 0 bridgehead atoms. The van der Waals surface area contributed by atoms with Crippen molar-refractivity contribution in [1.29, 1.82) is 0 Å². The van der Waals surface area contributed by atoms with Crippen LogP contribution in [0.1, 0.15) is 55.6 Å². The van der Waals surface area contributed by atoms with Crippen molar-refractivity contribution in [1.82, 2.24) is 19.6 Å². The van der Waals surface area contributed by atoms with Gasteiger partial charge in [-0.25, -0.2) is 13.4 Å². The normalized spacial score (nSPS) is 17.7. The highest BCUT2D eigenvalue weighted by Gasteiger charge is 2.33. The number of hydrogen-bond donors (Lipinski definition) is 2. The van der Waals surface area contributed by atoms with Crippen molar-refractivity contribution < 1.29 is 13.2 Å². The zero-order valence-electron chi connectivity index (χ0n) is 20.0. The molecule has 5 rings (SSSR count). The lowest BCUT2D eigenvalue weighted by Gasteiger charge is -2.31. The second-order valence-electron chi connectivity index (χ2n) is 9.48. The van der Waals surface area contributed by atoms with Gasteiger partial charge in [0.1, 0.15) is 5.82 Å². The lowest BCUT2D eigenvalue weighted by Crippen LogP contribution is -2.43. The third kappa shape index (κ3) is 4.90. The zero-order valence-corrected chi connectivity index (χ0v) is 20.9. The molecular formula is C27H32N4O3S. The Morgan fingerprint density at radius 2 is 1.86 bits per heavy atom. The lowest BCUT2D eigenvalue weighted by molar-refractivity contribution is -0.127. The predicted molar refractivity (Wildman–Crippen MR) is 135 cm³/mol. The van der Waals surface area contributed by atoms with Crippen molar-refractivity contribution in [2.24, 2.45) is 5.92 Å². The van der Waals surface area contributed by atoms with Crippen molar-refractivity contribution in [3.8, 4) is 11.3 Å². The van der Waals surface area contributed by atoms with Crippen molar-refractivity contribution in [3.05, 3.63) is 71.7 Å². The second-order valence-corrected chi connectivity index (χ2v) is 11.4. The fourth-order valence-corrected chi connectivity index (χ4v) is 6.67. The van der Waals surface area contributed by atoms with E-state index in [2.05, 4.69) is 15.3 Å². The number of aromatic nitrogens is 2. The Hall–Kier alpha value is -2.97. The lowest BCUT2D eigenvalue weighted by atomic mass is 9.96. The van der Waals surface area contributed by atoms with Crippen LogP contribution in [0.15, 0.2) is 59.6 Å². The standard InChI is InChI=1S/C27H32N4O3S/c1-2-24(26-28-18-25(29-26)20-7-4-3-5-8-20)30-27(32)21-13-15-31(16-14-21)35(33,34)23-12-11-19-9-6-10-22(19)17-23/h3-5,7-8,11-12,17-18,21,24H,2,6,9-10,13-16H2,1H3,(H,28,29)(H,30,32). The van der Waals surface area contributed by atoms with Crippen LogP contribution in [0.2, 0.25) is 0 Å². The summed E-state index contributed by atoms with van der Waals surface area (Å²) in [6.07, 6.45) is 6.59. The molecule has 2 aromatic carbocycles. The molecule has 1 unspecified atom stereocenters. The van der Waals surface area contributed by atoms with Gasteiger partial charge in [-0.3, -0.25) is 4.79 Å². The van der Waals surface area contributed by atoms with E-state index in [4.69, 9.17) is 0 Å². The molecule has 35 heavy (non-hydrogen) atoms. The van der Waals surface area contributed by atoms with Crippen molar-refractivity contribution in [2.45, 2.75) is 56.4 Å². The summed E-state index contributed by atoms with van der Waals surface area (Å²) in [4.78, 5) is 21.3. The Kier molecular flexibility index (Phi) is 6.75. The zero-order chi connectivity index (χ0) is 24.4. The van der Waals surface area contributed by atoms with Gasteiger partial charge in [0.25, 0.3) is 0 Å². The van der Waals surface area contributed by atoms with Crippen LogP contribution >= 0.6 is 0 Å². The van der Waals surface area contributed by atoms with Crippen LogP contribution in [0.3, 0.4) is 0 Å². The molecule has 1 amide bonds. The Morgan fingerprint density at radius 1 is 1.11 bits per heavy atom. The number of fused-ring (bicyclic) bond motifs is 1. The fourth-order valence-electron chi connectivity index (χ4n) is 5.15. The summed E-state index contributed by atoms with van der Waals surface area (Å²) >= 11 is 0. The Morgan fingerprint density at radius 3 is 2.60 bits per heavy atom. The number of piperidine rings is 1. The Labute approximate surface area is 207 Å². The smallest absolute Gasteiger partial charge is 0.243 e. The molecule has 1 aliphatic heterocycles. The van der Waals surface area contributed by atoms with Gasteiger partial charge in [-0.05, 0) is 67.3 Å². The van der Waals surface area contributed by atoms with Gasteiger partial charge >= 0.3 is 0 Å². The van der Waals surface area contributed by atoms with Gasteiger partial charge in [-0.1, -0.05) is 43.3 Å². The first kappa shape index (κ1) is 23.8. The predicted octanol–water partition coefficient (Wildman–Crippen LogP) is 4.23. The first-order chi connectivity index (χ1) is 17.0. The number of amides is 1. The van der Waals surface area contributed by atoms with Crippen LogP contribution in [-0.2, 0) is 27.7 Å². The molecule has 8 heteroatoms. The molecular weight excluding hydrogens is 460 g/mol. The average Bonchev–Trinajstić information content (AvgIpc) is 3.57. The van der Waals surface area contributed by atoms with Gasteiger partial charge in [0.05, 0.1) is 22.8 Å². The van der Waals surface area contributed by atoms with Gasteiger partial charge in [-0.15, -0.1) is 0 Å². The van der Waals surface area contributed by atoms with Crippen LogP contribution < -0.4 is 5.32 Å². The van der Waals surface area contributed by atoms with Gasteiger partial charge in [0.2, 0.25) is 15.9 Å². The van der Waals surface area contributed by atoms with Crippen LogP contribution in [0, 0.1) is 5.92 Å². The van der Waals surface area contributed by atoms with Crippen molar-refractivity contribution in [3.63, 3.8) is 0 Å². The van der Waals surface area contributed by atoms with E-state index in [1.54, 1.807) is 12.3 Å². The number of H-pyrrole nitrogens is 1. The number of rotatable bonds is 7. The molecule has 184 valence electrons. The molecule has 0 saturated carbocycles. The summed E-state index contributed by atoms with van der Waals surface area (Å²) in [5.41, 5.74) is 4.37. The maximum Gasteiger partial charge on any atom is 0.243 e. The van der Waals surface area contributed by atoms with E-state index >= 15 is 0 Å². The molecule has 3 aromatic rings. The van der Waals surface area contributed by atoms with E-state index in [0.29, 0.717) is 37.2 Å². The number of nitrogens with zero attached hydrogens (tertiary/aromatic N) is 2. The number of carbonyl (C=O) groups is 1. The first-order valence-corrected chi connectivity index (χ1v) is 13.9. The quantitative estimate of drug-likeness (QED) is 0.516. The molecule has 1 atom stereocenters. The molecule has 1 aromatic heterocycles. The summed E-state index contributed by atoms with van der Waals surface area (Å²) in [6, 6.07) is 15.3. The first-order valence-electron chi connectivity index (χ1n) is 12.5. The maximum atomic E-state index is 13.2. The molecule has 1 saturated heterocycles. The minimum Gasteiger partial charge on any atom is -0.346 e. The van der Waals surface area contributed by atoms with E-state index < -0.39 is 10.0 Å². The highest BCUT2D eigenvalue weighted by Crippen LogP contribution is 2.29. The number of benzene rings is 2. The molecule has 1 aliphatic carbocycles. The summed E-state index contributed by atoms with van der Waals surface area (Å²) in [7, 11) is -3.54. The molecule has 2 heterocycles. The summed E-state index contributed by atoms with van der Waals surface area (Å²) in [6.45, 7) is 2.72. The third-order valence-corrected chi connectivity index (χ3v) is 9.16. The summed E-state index contributed by atoms with van der Waals surface area (Å²) in [5, 5.41) is 3.13. The van der Waals surface area contributed by atoms with E-state index in [1.807, 2.05) is 49.4 Å². The van der Waals surface area contributed by atoms with Crippen molar-refractivity contribution in [2.75, 3.05) is 13.1 Å². The number of nitrogens with one attached hydrogen (secondary N) is 2. The van der Waals surface area contributed by atoms with E-state index in [0.717, 1.165) is 41.9 Å². The van der Waals surface area contributed by atoms with Gasteiger partial charge in [0, 0.05) is 19.0 Å². The van der Waals surface area contributed by atoms with Gasteiger partial charge in [0.15, 0.2) is 0 Å². The van der Waals surface area contributed by atoms with E-state index in [-0.39, 0.29) is 17.9 Å². The topological polar surface area (TPSA) is 95.2 Å². The van der Waals surface area contributed by atoms with Gasteiger partial charge in [-0.2, -0.15) is 4.31 Å². The highest BCUT2D eigenvalue weighted by molar-refractivity contribution is 7.89. The number of aromatic amines is 1. The summed E-state index contributed by atoms with van der Waals surface area (Å²) < 4.78 is 27.9. The fraction of sp³-hybridized carbons (Fsp3) is 0.407. The van der Waals surface area contributed by atoms with Crippen LogP contribution in [0.4, 0.5) is 0 Å². The average molecular weight is 493 g/mol. The van der Waals surface area contributed by atoms with E-state index in [1.165, 1.54) is 9.87 Å². The summed E-state index contributed by atoms with van der Waals surface area (Å²) in [5.74, 6) is 0.486. The number of aryl methyl sites for hydroxylation is 2. The number of imidazole rings is 1. The van der Waals surface area contributed by atoms with E-state index in [9.17, 15) is 13.2 Å². The molecule has 1 fully saturated rings. The van der Waals surface area contributed by atoms with Crippen LogP contribution in [-0.4, -0.2) is 41.7 Å². The van der Waals surface area contributed by atoms with Crippen LogP contribution in [0.25, 0.3) is 11.3 Å². The molecule has 0 spiro atoms. The molecule has 2 N–H and O–H groups in total. The second kappa shape index (κ2) is 9.95. The van der Waals surface area contributed by atoms with Crippen molar-refractivity contribution >= 4 is 15.9 Å². The number of hydrogen-bond acceptors (Lipinski definition) is 4. The highest BCUT2D eigenvalue weighted by atomic mass is 32.2. The number of carbonyl (C=O) groups excluding carboxylic acids is 1. The molecule has 7 nitrogen and oxygen atoms in total. The molecule has 2 aliphatic rings. The number of sulfonamides is 1. The monoisotopic (exact) mass is 492 g/mol. The van der Waals surface area contributed by atoms with Crippen LogP contribution in [0.5, 0.6) is 0 Å². The Balaban J connectivity index is 1.20. The Bertz CT molecular complexity index is 1290. The van der Waals surface area contributed by atoms with Gasteiger partial charge < -0.3 is 10.3 Å². The molecule has 0 radical (unpaired) electrons. The largest absolute Gasteiger partial charge is 0.346 e. The maximum absolute atomic E-state index is 13.2. The minimum atomic E-state index is -3.54.